The fourth-order valence-electron chi connectivity index (χ4n) is 0.994. The standard InChI is InChI=1S/C9H2F5IS/c10-6-3-5(1-2-16-15)4-7(11)8(6)9(12,13)14/h3-4H. The van der Waals surface area contributed by atoms with E-state index in [1.807, 2.05) is 21.2 Å². The third kappa shape index (κ3) is 3.25. The van der Waals surface area contributed by atoms with Crippen LogP contribution in [0, 0.1) is 22.8 Å². The fourth-order valence-corrected chi connectivity index (χ4v) is 1.48. The van der Waals surface area contributed by atoms with Gasteiger partial charge in [-0.25, -0.2) is 8.78 Å². The van der Waals surface area contributed by atoms with E-state index in [1.54, 1.807) is 0 Å². The second-order valence-electron chi connectivity index (χ2n) is 2.62. The maximum absolute atomic E-state index is 13.0. The zero-order chi connectivity index (χ0) is 12.3. The first-order chi connectivity index (χ1) is 7.36. The van der Waals surface area contributed by atoms with Gasteiger partial charge < -0.3 is 0 Å². The average molecular weight is 364 g/mol. The summed E-state index contributed by atoms with van der Waals surface area (Å²) in [6, 6.07) is 1.12. The molecule has 0 aromatic heterocycles. The van der Waals surface area contributed by atoms with E-state index in [4.69, 9.17) is 0 Å². The van der Waals surface area contributed by atoms with Gasteiger partial charge in [0.15, 0.2) is 0 Å². The third-order valence-electron chi connectivity index (χ3n) is 1.56. The van der Waals surface area contributed by atoms with Crippen molar-refractivity contribution < 1.29 is 22.0 Å². The second-order valence-corrected chi connectivity index (χ2v) is 4.30. The molecule has 0 heterocycles. The largest absolute Gasteiger partial charge is 0.422 e. The van der Waals surface area contributed by atoms with Crippen molar-refractivity contribution in [2.75, 3.05) is 0 Å². The molecule has 0 N–H and O–H groups in total. The van der Waals surface area contributed by atoms with Crippen LogP contribution >= 0.6 is 30.1 Å². The van der Waals surface area contributed by atoms with Gasteiger partial charge in [-0.3, -0.25) is 0 Å². The summed E-state index contributed by atoms with van der Waals surface area (Å²) >= 11 is 1.83. The van der Waals surface area contributed by atoms with Crippen molar-refractivity contribution in [3.8, 4) is 11.2 Å². The molecule has 16 heavy (non-hydrogen) atoms. The second kappa shape index (κ2) is 5.23. The first kappa shape index (κ1) is 13.6. The van der Waals surface area contributed by atoms with E-state index in [2.05, 4.69) is 11.2 Å². The Morgan fingerprint density at radius 3 is 2.00 bits per heavy atom. The molecule has 0 atom stereocenters. The maximum Gasteiger partial charge on any atom is 0.422 e. The highest BCUT2D eigenvalue weighted by Crippen LogP contribution is 2.33. The molecule has 7 heteroatoms. The normalized spacial score (nSPS) is 10.9. The Kier molecular flexibility index (Phi) is 4.43. The summed E-state index contributed by atoms with van der Waals surface area (Å²) in [5.41, 5.74) is -2.02. The van der Waals surface area contributed by atoms with Gasteiger partial charge >= 0.3 is 6.18 Å². The maximum atomic E-state index is 13.0. The van der Waals surface area contributed by atoms with Crippen LogP contribution in [0.4, 0.5) is 22.0 Å². The van der Waals surface area contributed by atoms with Crippen molar-refractivity contribution in [2.45, 2.75) is 6.18 Å². The van der Waals surface area contributed by atoms with Crippen LogP contribution in [0.3, 0.4) is 0 Å². The Morgan fingerprint density at radius 2 is 1.62 bits per heavy atom. The van der Waals surface area contributed by atoms with Crippen LogP contribution < -0.4 is 0 Å². The minimum absolute atomic E-state index is 0.132. The van der Waals surface area contributed by atoms with Crippen LogP contribution in [-0.4, -0.2) is 0 Å². The van der Waals surface area contributed by atoms with Crippen LogP contribution in [0.15, 0.2) is 12.1 Å². The van der Waals surface area contributed by atoms with Crippen molar-refractivity contribution in [3.05, 3.63) is 34.9 Å². The SMILES string of the molecule is Fc1cc(C#CSI)cc(F)c1C(F)(F)F. The highest BCUT2D eigenvalue weighted by atomic mass is 127. The van der Waals surface area contributed by atoms with Crippen molar-refractivity contribution in [1.82, 2.24) is 0 Å². The van der Waals surface area contributed by atoms with E-state index in [0.717, 1.165) is 8.93 Å². The summed E-state index contributed by atoms with van der Waals surface area (Å²) < 4.78 is 62.5. The van der Waals surface area contributed by atoms with Gasteiger partial charge in [0.1, 0.15) is 17.2 Å². The lowest BCUT2D eigenvalue weighted by atomic mass is 10.1. The monoisotopic (exact) mass is 364 g/mol. The number of benzene rings is 1. The van der Waals surface area contributed by atoms with Crippen molar-refractivity contribution in [2.24, 2.45) is 0 Å². The first-order valence-electron chi connectivity index (χ1n) is 3.71. The van der Waals surface area contributed by atoms with Gasteiger partial charge in [0, 0.05) is 26.8 Å². The molecule has 0 saturated heterocycles. The Hall–Kier alpha value is -0.490. The molecule has 0 aliphatic heterocycles. The van der Waals surface area contributed by atoms with E-state index >= 15 is 0 Å². The predicted octanol–water partition coefficient (Wildman–Crippen LogP) is 4.38. The Labute approximate surface area is 104 Å². The highest BCUT2D eigenvalue weighted by Gasteiger charge is 2.37. The number of hydrogen-bond donors (Lipinski definition) is 0. The predicted molar refractivity (Wildman–Crippen MR) is 59.8 cm³/mol. The van der Waals surface area contributed by atoms with Crippen LogP contribution in [0.25, 0.3) is 0 Å². The zero-order valence-electron chi connectivity index (χ0n) is 7.33. The Morgan fingerprint density at radius 1 is 1.12 bits per heavy atom. The third-order valence-corrected chi connectivity index (χ3v) is 2.40. The van der Waals surface area contributed by atoms with Crippen LogP contribution in [0.5, 0.6) is 0 Å². The fraction of sp³-hybridized carbons (Fsp3) is 0.111. The van der Waals surface area contributed by atoms with Gasteiger partial charge in [0.05, 0.1) is 0 Å². The summed E-state index contributed by atoms with van der Waals surface area (Å²) in [4.78, 5) is 0. The molecule has 0 saturated carbocycles. The van der Waals surface area contributed by atoms with Gasteiger partial charge in [-0.05, 0) is 26.3 Å². The molecule has 86 valence electrons. The lowest BCUT2D eigenvalue weighted by Crippen LogP contribution is -2.11. The molecule has 0 spiro atoms. The van der Waals surface area contributed by atoms with Crippen molar-refractivity contribution >= 4 is 30.1 Å². The van der Waals surface area contributed by atoms with Crippen LogP contribution in [-0.2, 0) is 6.18 Å². The minimum Gasteiger partial charge on any atom is -0.206 e. The lowest BCUT2D eigenvalue weighted by Gasteiger charge is -2.09. The lowest BCUT2D eigenvalue weighted by molar-refractivity contribution is -0.142. The Balaban J connectivity index is 3.28. The summed E-state index contributed by atoms with van der Waals surface area (Å²) in [5, 5.41) is 2.42. The summed E-state index contributed by atoms with van der Waals surface area (Å²) in [7, 11) is 1.06. The molecule has 1 aromatic carbocycles. The number of alkyl halides is 3. The van der Waals surface area contributed by atoms with Crippen molar-refractivity contribution in [1.29, 1.82) is 0 Å². The van der Waals surface area contributed by atoms with Gasteiger partial charge in [-0.2, -0.15) is 13.2 Å². The Bertz CT molecular complexity index is 434. The smallest absolute Gasteiger partial charge is 0.206 e. The molecule has 1 rings (SSSR count). The molecule has 0 radical (unpaired) electrons. The van der Waals surface area contributed by atoms with Gasteiger partial charge in [-0.1, -0.05) is 5.92 Å². The molecule has 1 aromatic rings. The summed E-state index contributed by atoms with van der Waals surface area (Å²) in [6.45, 7) is 0. The molecule has 0 unspecified atom stereocenters. The van der Waals surface area contributed by atoms with E-state index in [1.165, 1.54) is 0 Å². The number of hydrogen-bond acceptors (Lipinski definition) is 1. The number of rotatable bonds is 0. The van der Waals surface area contributed by atoms with Crippen LogP contribution in [0.2, 0.25) is 0 Å². The first-order valence-corrected chi connectivity index (χ1v) is 7.07. The van der Waals surface area contributed by atoms with E-state index < -0.39 is 23.4 Å². The summed E-state index contributed by atoms with van der Waals surface area (Å²) in [6.07, 6.45) is -5.04. The van der Waals surface area contributed by atoms with Crippen LogP contribution in [0.1, 0.15) is 11.1 Å². The van der Waals surface area contributed by atoms with Crippen molar-refractivity contribution in [3.63, 3.8) is 0 Å². The molecule has 0 fully saturated rings. The molecular formula is C9H2F5IS. The average Bonchev–Trinajstić information content (AvgIpc) is 2.11. The van der Waals surface area contributed by atoms with E-state index in [9.17, 15) is 22.0 Å². The number of halogens is 6. The van der Waals surface area contributed by atoms with Gasteiger partial charge in [0.25, 0.3) is 0 Å². The molecule has 0 bridgehead atoms. The molecule has 0 amide bonds. The molecule has 0 aliphatic carbocycles. The van der Waals surface area contributed by atoms with E-state index in [0.29, 0.717) is 12.1 Å². The minimum atomic E-state index is -5.04. The summed E-state index contributed by atoms with van der Waals surface area (Å²) in [5.74, 6) is -1.00. The molecule has 0 aliphatic rings. The quantitative estimate of drug-likeness (QED) is 0.374. The topological polar surface area (TPSA) is 0 Å². The zero-order valence-corrected chi connectivity index (χ0v) is 10.3. The highest BCUT2D eigenvalue weighted by molar-refractivity contribution is 14.2. The molecular weight excluding hydrogens is 362 g/mol. The van der Waals surface area contributed by atoms with Gasteiger partial charge in [-0.15, -0.1) is 0 Å². The molecule has 0 nitrogen and oxygen atoms in total. The van der Waals surface area contributed by atoms with E-state index in [-0.39, 0.29) is 5.56 Å². The van der Waals surface area contributed by atoms with Gasteiger partial charge in [0.2, 0.25) is 0 Å².